The van der Waals surface area contributed by atoms with Crippen molar-refractivity contribution < 1.29 is 4.39 Å². The first-order chi connectivity index (χ1) is 6.64. The van der Waals surface area contributed by atoms with Gasteiger partial charge in [-0.2, -0.15) is 0 Å². The summed E-state index contributed by atoms with van der Waals surface area (Å²) in [5.74, 6) is 0. The first kappa shape index (κ1) is 12.0. The zero-order chi connectivity index (χ0) is 10.4. The van der Waals surface area contributed by atoms with E-state index in [4.69, 9.17) is 0 Å². The highest BCUT2D eigenvalue weighted by Crippen LogP contribution is 2.19. The molecule has 1 nitrogen and oxygen atoms in total. The molecule has 0 saturated heterocycles. The van der Waals surface area contributed by atoms with E-state index in [0.29, 0.717) is 6.04 Å². The van der Waals surface area contributed by atoms with Crippen molar-refractivity contribution in [2.45, 2.75) is 70.4 Å². The Morgan fingerprint density at radius 2 is 1.57 bits per heavy atom. The van der Waals surface area contributed by atoms with Gasteiger partial charge in [0.25, 0.3) is 0 Å². The van der Waals surface area contributed by atoms with Crippen LogP contribution < -0.4 is 5.32 Å². The molecule has 0 bridgehead atoms. The quantitative estimate of drug-likeness (QED) is 0.737. The van der Waals surface area contributed by atoms with E-state index in [9.17, 15) is 4.39 Å². The van der Waals surface area contributed by atoms with Crippen LogP contribution in [0.4, 0.5) is 4.39 Å². The van der Waals surface area contributed by atoms with E-state index in [1.165, 1.54) is 44.9 Å². The van der Waals surface area contributed by atoms with Gasteiger partial charge in [-0.1, -0.05) is 32.1 Å². The van der Waals surface area contributed by atoms with Crippen molar-refractivity contribution in [1.82, 2.24) is 5.32 Å². The van der Waals surface area contributed by atoms with Crippen molar-refractivity contribution in [2.24, 2.45) is 0 Å². The van der Waals surface area contributed by atoms with Gasteiger partial charge in [0.1, 0.15) is 6.67 Å². The third-order valence-corrected chi connectivity index (χ3v) is 3.03. The Morgan fingerprint density at radius 3 is 2.07 bits per heavy atom. The molecule has 0 aromatic heterocycles. The molecule has 1 fully saturated rings. The molecule has 1 N–H and O–H groups in total. The van der Waals surface area contributed by atoms with Gasteiger partial charge in [0.2, 0.25) is 0 Å². The Morgan fingerprint density at radius 1 is 1.07 bits per heavy atom. The molecule has 0 unspecified atom stereocenters. The summed E-state index contributed by atoms with van der Waals surface area (Å²) >= 11 is 0. The molecule has 1 rings (SSSR count). The molecule has 1 aliphatic carbocycles. The average Bonchev–Trinajstić information content (AvgIpc) is 2.10. The van der Waals surface area contributed by atoms with E-state index in [-0.39, 0.29) is 12.2 Å². The molecular formula is C12H24FN. The van der Waals surface area contributed by atoms with Crippen LogP contribution in [0, 0.1) is 0 Å². The van der Waals surface area contributed by atoms with Crippen LogP contribution in [0.3, 0.4) is 0 Å². The summed E-state index contributed by atoms with van der Waals surface area (Å²) in [7, 11) is 0. The van der Waals surface area contributed by atoms with Crippen LogP contribution in [0.5, 0.6) is 0 Å². The van der Waals surface area contributed by atoms with Gasteiger partial charge in [-0.25, -0.2) is 4.39 Å². The fraction of sp³-hybridized carbons (Fsp3) is 1.00. The molecule has 0 amide bonds. The SMILES string of the molecule is CC(C)(CF)NC1CCCCCCC1. The lowest BCUT2D eigenvalue weighted by Crippen LogP contribution is -2.47. The minimum Gasteiger partial charge on any atom is -0.307 e. The summed E-state index contributed by atoms with van der Waals surface area (Å²) in [6, 6.07) is 0.543. The van der Waals surface area contributed by atoms with Crippen LogP contribution in [-0.2, 0) is 0 Å². The molecule has 0 spiro atoms. The maximum atomic E-state index is 12.6. The van der Waals surface area contributed by atoms with Crippen molar-refractivity contribution in [3.63, 3.8) is 0 Å². The molecule has 0 aliphatic heterocycles. The summed E-state index contributed by atoms with van der Waals surface area (Å²) in [6.07, 6.45) is 9.16. The van der Waals surface area contributed by atoms with Gasteiger partial charge < -0.3 is 5.32 Å². The Balaban J connectivity index is 2.33. The van der Waals surface area contributed by atoms with Crippen molar-refractivity contribution >= 4 is 0 Å². The highest BCUT2D eigenvalue weighted by atomic mass is 19.1. The number of hydrogen-bond donors (Lipinski definition) is 1. The van der Waals surface area contributed by atoms with Crippen molar-refractivity contribution in [2.75, 3.05) is 6.67 Å². The maximum absolute atomic E-state index is 12.6. The van der Waals surface area contributed by atoms with Crippen LogP contribution in [0.1, 0.15) is 58.8 Å². The molecule has 0 aromatic rings. The smallest absolute Gasteiger partial charge is 0.107 e. The van der Waals surface area contributed by atoms with Gasteiger partial charge in [-0.15, -0.1) is 0 Å². The predicted octanol–water partition coefficient (Wildman–Crippen LogP) is 3.44. The Bertz CT molecular complexity index is 148. The van der Waals surface area contributed by atoms with Crippen LogP contribution in [0.15, 0.2) is 0 Å². The Hall–Kier alpha value is -0.110. The zero-order valence-electron chi connectivity index (χ0n) is 9.61. The van der Waals surface area contributed by atoms with Gasteiger partial charge in [-0.05, 0) is 26.7 Å². The Kier molecular flexibility index (Phi) is 4.86. The summed E-state index contributed by atoms with van der Waals surface area (Å²) in [6.45, 7) is 3.63. The second-order valence-electron chi connectivity index (χ2n) is 5.20. The topological polar surface area (TPSA) is 12.0 Å². The zero-order valence-corrected chi connectivity index (χ0v) is 9.61. The number of nitrogens with one attached hydrogen (secondary N) is 1. The van der Waals surface area contributed by atoms with Crippen LogP contribution in [-0.4, -0.2) is 18.3 Å². The molecule has 1 aliphatic rings. The predicted molar refractivity (Wildman–Crippen MR) is 59.3 cm³/mol. The van der Waals surface area contributed by atoms with Crippen LogP contribution in [0.2, 0.25) is 0 Å². The van der Waals surface area contributed by atoms with Crippen LogP contribution >= 0.6 is 0 Å². The molecular weight excluding hydrogens is 177 g/mol. The number of rotatable bonds is 3. The minimum atomic E-state index is -0.330. The third-order valence-electron chi connectivity index (χ3n) is 3.03. The fourth-order valence-electron chi connectivity index (χ4n) is 2.19. The minimum absolute atomic E-state index is 0.274. The first-order valence-corrected chi connectivity index (χ1v) is 5.98. The van der Waals surface area contributed by atoms with Gasteiger partial charge in [-0.3, -0.25) is 0 Å². The van der Waals surface area contributed by atoms with E-state index in [0.717, 1.165) is 0 Å². The molecule has 0 heterocycles. The molecule has 0 atom stereocenters. The first-order valence-electron chi connectivity index (χ1n) is 5.98. The monoisotopic (exact) mass is 201 g/mol. The normalized spacial score (nSPS) is 21.6. The van der Waals surface area contributed by atoms with E-state index in [2.05, 4.69) is 5.32 Å². The Labute approximate surface area is 87.5 Å². The van der Waals surface area contributed by atoms with Gasteiger partial charge in [0, 0.05) is 11.6 Å². The number of halogens is 1. The molecule has 1 saturated carbocycles. The van der Waals surface area contributed by atoms with E-state index in [1.807, 2.05) is 13.8 Å². The lowest BCUT2D eigenvalue weighted by molar-refractivity contribution is 0.239. The molecule has 0 aromatic carbocycles. The lowest BCUT2D eigenvalue weighted by atomic mass is 9.94. The van der Waals surface area contributed by atoms with Gasteiger partial charge >= 0.3 is 0 Å². The second-order valence-corrected chi connectivity index (χ2v) is 5.20. The number of alkyl halides is 1. The third kappa shape index (κ3) is 4.41. The summed E-state index contributed by atoms with van der Waals surface area (Å²) in [5.41, 5.74) is -0.330. The van der Waals surface area contributed by atoms with Crippen molar-refractivity contribution in [3.8, 4) is 0 Å². The van der Waals surface area contributed by atoms with Crippen molar-refractivity contribution in [3.05, 3.63) is 0 Å². The fourth-order valence-corrected chi connectivity index (χ4v) is 2.19. The van der Waals surface area contributed by atoms with E-state index >= 15 is 0 Å². The second kappa shape index (κ2) is 5.69. The summed E-state index contributed by atoms with van der Waals surface area (Å²) in [4.78, 5) is 0. The van der Waals surface area contributed by atoms with Crippen molar-refractivity contribution in [1.29, 1.82) is 0 Å². The van der Waals surface area contributed by atoms with Crippen LogP contribution in [0.25, 0.3) is 0 Å². The van der Waals surface area contributed by atoms with E-state index < -0.39 is 0 Å². The standard InChI is InChI=1S/C12H24FN/c1-12(2,10-13)14-11-8-6-4-3-5-7-9-11/h11,14H,3-10H2,1-2H3. The lowest BCUT2D eigenvalue weighted by Gasteiger charge is -2.30. The summed E-state index contributed by atoms with van der Waals surface area (Å²) < 4.78 is 12.6. The molecule has 2 heteroatoms. The highest BCUT2D eigenvalue weighted by Gasteiger charge is 2.22. The highest BCUT2D eigenvalue weighted by molar-refractivity contribution is 4.82. The molecule has 14 heavy (non-hydrogen) atoms. The number of hydrogen-bond acceptors (Lipinski definition) is 1. The maximum Gasteiger partial charge on any atom is 0.107 e. The van der Waals surface area contributed by atoms with E-state index in [1.54, 1.807) is 0 Å². The molecule has 0 radical (unpaired) electrons. The summed E-state index contributed by atoms with van der Waals surface area (Å²) in [5, 5.41) is 3.44. The van der Waals surface area contributed by atoms with Gasteiger partial charge in [0.05, 0.1) is 0 Å². The largest absolute Gasteiger partial charge is 0.307 e. The van der Waals surface area contributed by atoms with Gasteiger partial charge in [0.15, 0.2) is 0 Å². The molecule has 84 valence electrons. The average molecular weight is 201 g/mol.